The Morgan fingerprint density at radius 2 is 1.52 bits per heavy atom. The third-order valence-electron chi connectivity index (χ3n) is 4.38. The van der Waals surface area contributed by atoms with Gasteiger partial charge in [0, 0.05) is 29.7 Å². The maximum absolute atomic E-state index is 5.85. The first-order valence-corrected chi connectivity index (χ1v) is 8.62. The lowest BCUT2D eigenvalue weighted by Gasteiger charge is -2.06. The number of aromatic nitrogens is 1. The first-order chi connectivity index (χ1) is 12.1. The Bertz CT molecular complexity index is 872. The molecule has 0 aliphatic carbocycles. The number of benzene rings is 2. The molecule has 0 saturated carbocycles. The summed E-state index contributed by atoms with van der Waals surface area (Å²) in [4.78, 5) is 4.59. The molecule has 0 saturated heterocycles. The van der Waals surface area contributed by atoms with E-state index in [0.717, 1.165) is 23.7 Å². The van der Waals surface area contributed by atoms with E-state index in [1.165, 1.54) is 22.5 Å². The van der Waals surface area contributed by atoms with Crippen molar-refractivity contribution in [3.63, 3.8) is 0 Å². The first-order valence-electron chi connectivity index (χ1n) is 8.62. The van der Waals surface area contributed by atoms with Crippen LogP contribution in [-0.2, 0) is 6.54 Å². The fraction of sp³-hybridized carbons (Fsp3) is 0.227. The molecule has 0 fully saturated rings. The first kappa shape index (κ1) is 17.0. The summed E-state index contributed by atoms with van der Waals surface area (Å²) in [7, 11) is 0. The highest BCUT2D eigenvalue weighted by Crippen LogP contribution is 2.24. The topological polar surface area (TPSA) is 26.5 Å². The van der Waals surface area contributed by atoms with Crippen LogP contribution < -0.4 is 4.74 Å². The summed E-state index contributed by atoms with van der Waals surface area (Å²) >= 11 is 0. The second-order valence-electron chi connectivity index (χ2n) is 6.24. The van der Waals surface area contributed by atoms with Crippen LogP contribution in [0.1, 0.15) is 29.4 Å². The minimum Gasteiger partial charge on any atom is -0.457 e. The van der Waals surface area contributed by atoms with Crippen molar-refractivity contribution in [3.8, 4) is 11.5 Å². The number of ether oxygens (including phenoxy) is 1. The van der Waals surface area contributed by atoms with E-state index in [-0.39, 0.29) is 0 Å². The van der Waals surface area contributed by atoms with Crippen LogP contribution in [0.2, 0.25) is 0 Å². The molecule has 1 heterocycles. The molecule has 0 amide bonds. The largest absolute Gasteiger partial charge is 0.457 e. The van der Waals surface area contributed by atoms with Gasteiger partial charge in [-0.1, -0.05) is 17.7 Å². The summed E-state index contributed by atoms with van der Waals surface area (Å²) in [5.74, 6) is 1.65. The van der Waals surface area contributed by atoms with Gasteiger partial charge in [0.05, 0.1) is 5.69 Å². The standard InChI is InChI=1S/C22H24N2O/c1-5-24-17(3)14-19(18(24)4)15-23-20-8-12-22(13-9-20)25-21-10-6-16(2)7-11-21/h6-15H,5H2,1-4H3. The molecule has 2 aromatic carbocycles. The average Bonchev–Trinajstić information content (AvgIpc) is 2.89. The summed E-state index contributed by atoms with van der Waals surface area (Å²) in [5, 5.41) is 0. The summed E-state index contributed by atoms with van der Waals surface area (Å²) in [6.45, 7) is 9.47. The summed E-state index contributed by atoms with van der Waals surface area (Å²) in [6, 6.07) is 18.1. The van der Waals surface area contributed by atoms with E-state index in [2.05, 4.69) is 43.3 Å². The zero-order valence-corrected chi connectivity index (χ0v) is 15.3. The van der Waals surface area contributed by atoms with Crippen molar-refractivity contribution in [2.24, 2.45) is 4.99 Å². The van der Waals surface area contributed by atoms with Gasteiger partial charge in [0.1, 0.15) is 11.5 Å². The van der Waals surface area contributed by atoms with Gasteiger partial charge in [-0.05, 0) is 70.2 Å². The van der Waals surface area contributed by atoms with Crippen LogP contribution in [0.4, 0.5) is 5.69 Å². The van der Waals surface area contributed by atoms with Crippen LogP contribution in [0.3, 0.4) is 0 Å². The molecule has 25 heavy (non-hydrogen) atoms. The van der Waals surface area contributed by atoms with Crippen molar-refractivity contribution in [3.05, 3.63) is 77.1 Å². The predicted molar refractivity (Wildman–Crippen MR) is 105 cm³/mol. The molecule has 0 unspecified atom stereocenters. The SMILES string of the molecule is CCn1c(C)cc(C=Nc2ccc(Oc3ccc(C)cc3)cc2)c1C. The summed E-state index contributed by atoms with van der Waals surface area (Å²) in [6.07, 6.45) is 1.93. The van der Waals surface area contributed by atoms with Gasteiger partial charge in [-0.15, -0.1) is 0 Å². The number of aliphatic imine (C=N–C) groups is 1. The quantitative estimate of drug-likeness (QED) is 0.528. The highest BCUT2D eigenvalue weighted by atomic mass is 16.5. The van der Waals surface area contributed by atoms with Crippen LogP contribution in [-0.4, -0.2) is 10.8 Å². The van der Waals surface area contributed by atoms with Crippen LogP contribution in [0.15, 0.2) is 59.6 Å². The van der Waals surface area contributed by atoms with Crippen LogP contribution in [0.5, 0.6) is 11.5 Å². The van der Waals surface area contributed by atoms with Crippen molar-refractivity contribution in [2.45, 2.75) is 34.2 Å². The van der Waals surface area contributed by atoms with E-state index in [1.807, 2.05) is 54.7 Å². The Morgan fingerprint density at radius 1 is 0.920 bits per heavy atom. The van der Waals surface area contributed by atoms with Gasteiger partial charge in [0.25, 0.3) is 0 Å². The highest BCUT2D eigenvalue weighted by molar-refractivity contribution is 5.83. The van der Waals surface area contributed by atoms with Gasteiger partial charge < -0.3 is 9.30 Å². The third kappa shape index (κ3) is 4.00. The van der Waals surface area contributed by atoms with Crippen LogP contribution in [0, 0.1) is 20.8 Å². The maximum atomic E-state index is 5.85. The Kier molecular flexibility index (Phi) is 5.03. The smallest absolute Gasteiger partial charge is 0.127 e. The Balaban J connectivity index is 1.71. The number of hydrogen-bond donors (Lipinski definition) is 0. The van der Waals surface area contributed by atoms with E-state index in [0.29, 0.717) is 0 Å². The van der Waals surface area contributed by atoms with Crippen molar-refractivity contribution in [1.29, 1.82) is 0 Å². The molecule has 0 spiro atoms. The molecule has 0 N–H and O–H groups in total. The van der Waals surface area contributed by atoms with Crippen molar-refractivity contribution in [2.75, 3.05) is 0 Å². The van der Waals surface area contributed by atoms with E-state index >= 15 is 0 Å². The molecule has 128 valence electrons. The maximum Gasteiger partial charge on any atom is 0.127 e. The zero-order valence-electron chi connectivity index (χ0n) is 15.3. The summed E-state index contributed by atoms with van der Waals surface area (Å²) in [5.41, 5.74) is 5.82. The normalized spacial score (nSPS) is 11.2. The highest BCUT2D eigenvalue weighted by Gasteiger charge is 2.05. The minimum atomic E-state index is 0.812. The Labute approximate surface area is 149 Å². The molecule has 0 atom stereocenters. The van der Waals surface area contributed by atoms with Gasteiger partial charge in [0.2, 0.25) is 0 Å². The number of hydrogen-bond acceptors (Lipinski definition) is 2. The van der Waals surface area contributed by atoms with E-state index in [1.54, 1.807) is 0 Å². The van der Waals surface area contributed by atoms with Crippen molar-refractivity contribution >= 4 is 11.9 Å². The zero-order chi connectivity index (χ0) is 17.8. The fourth-order valence-electron chi connectivity index (χ4n) is 2.93. The number of aryl methyl sites for hydroxylation is 2. The molecular formula is C22H24N2O. The second-order valence-corrected chi connectivity index (χ2v) is 6.24. The minimum absolute atomic E-state index is 0.812. The van der Waals surface area contributed by atoms with Crippen molar-refractivity contribution in [1.82, 2.24) is 4.57 Å². The number of rotatable bonds is 5. The molecule has 3 rings (SSSR count). The molecule has 3 heteroatoms. The van der Waals surface area contributed by atoms with Gasteiger partial charge in [0.15, 0.2) is 0 Å². The van der Waals surface area contributed by atoms with E-state index in [9.17, 15) is 0 Å². The molecular weight excluding hydrogens is 308 g/mol. The molecule has 0 bridgehead atoms. The van der Waals surface area contributed by atoms with Gasteiger partial charge >= 0.3 is 0 Å². The molecule has 3 aromatic rings. The lowest BCUT2D eigenvalue weighted by atomic mass is 10.2. The Hall–Kier alpha value is -2.81. The van der Waals surface area contributed by atoms with Gasteiger partial charge in [-0.3, -0.25) is 4.99 Å². The van der Waals surface area contributed by atoms with E-state index < -0.39 is 0 Å². The lowest BCUT2D eigenvalue weighted by molar-refractivity contribution is 0.482. The third-order valence-corrected chi connectivity index (χ3v) is 4.38. The van der Waals surface area contributed by atoms with Crippen molar-refractivity contribution < 1.29 is 4.74 Å². The predicted octanol–water partition coefficient (Wildman–Crippen LogP) is 5.98. The lowest BCUT2D eigenvalue weighted by Crippen LogP contribution is -1.99. The average molecular weight is 332 g/mol. The Morgan fingerprint density at radius 3 is 2.08 bits per heavy atom. The number of nitrogens with zero attached hydrogens (tertiary/aromatic N) is 2. The monoisotopic (exact) mass is 332 g/mol. The molecule has 0 aliphatic heterocycles. The molecule has 0 aliphatic rings. The van der Waals surface area contributed by atoms with Gasteiger partial charge in [-0.2, -0.15) is 0 Å². The fourth-order valence-corrected chi connectivity index (χ4v) is 2.93. The van der Waals surface area contributed by atoms with Crippen LogP contribution >= 0.6 is 0 Å². The summed E-state index contributed by atoms with van der Waals surface area (Å²) < 4.78 is 8.14. The second kappa shape index (κ2) is 7.39. The van der Waals surface area contributed by atoms with Crippen LogP contribution in [0.25, 0.3) is 0 Å². The molecule has 3 nitrogen and oxygen atoms in total. The molecule has 1 aromatic heterocycles. The van der Waals surface area contributed by atoms with Gasteiger partial charge in [-0.25, -0.2) is 0 Å². The molecule has 0 radical (unpaired) electrons. The van der Waals surface area contributed by atoms with E-state index in [4.69, 9.17) is 4.74 Å².